The number of hydrogen-bond donors (Lipinski definition) is 1. The molecule has 2 bridgehead atoms. The Bertz CT molecular complexity index is 188. The quantitative estimate of drug-likeness (QED) is 0.738. The van der Waals surface area contributed by atoms with Crippen LogP contribution in [0, 0.1) is 19.3 Å². The van der Waals surface area contributed by atoms with E-state index in [1.807, 2.05) is 0 Å². The van der Waals surface area contributed by atoms with Crippen LogP contribution in [0.2, 0.25) is 0 Å². The first-order chi connectivity index (χ1) is 6.74. The molecule has 2 nitrogen and oxygen atoms in total. The third-order valence-corrected chi connectivity index (χ3v) is 3.99. The van der Waals surface area contributed by atoms with E-state index in [9.17, 15) is 0 Å². The molecule has 3 aliphatic rings. The molecule has 16 heavy (non-hydrogen) atoms. The molecule has 0 aromatic rings. The van der Waals surface area contributed by atoms with Gasteiger partial charge in [-0.15, -0.1) is 0 Å². The van der Waals surface area contributed by atoms with Gasteiger partial charge in [0.1, 0.15) is 0 Å². The monoisotopic (exact) mass is 395 g/mol. The van der Waals surface area contributed by atoms with E-state index >= 15 is 0 Å². The number of nitrogens with zero attached hydrogens (tertiary/aromatic N) is 1. The van der Waals surface area contributed by atoms with Gasteiger partial charge >= 0.3 is 0 Å². The Morgan fingerprint density at radius 2 is 1.81 bits per heavy atom. The van der Waals surface area contributed by atoms with Gasteiger partial charge in [0.05, 0.1) is 0 Å². The third kappa shape index (κ3) is 3.09. The van der Waals surface area contributed by atoms with E-state index in [1.54, 1.807) is 0 Å². The van der Waals surface area contributed by atoms with Crippen LogP contribution in [0.5, 0.6) is 0 Å². The molecule has 0 spiro atoms. The molecule has 0 amide bonds. The van der Waals surface area contributed by atoms with Crippen molar-refractivity contribution in [3.05, 3.63) is 7.43 Å². The van der Waals surface area contributed by atoms with Crippen molar-refractivity contribution in [1.82, 2.24) is 10.2 Å². The van der Waals surface area contributed by atoms with E-state index < -0.39 is 0 Å². The molecular formula is C13H27N2W-. The topological polar surface area (TPSA) is 15.3 Å². The Morgan fingerprint density at radius 3 is 2.25 bits per heavy atom. The molecular weight excluding hydrogens is 368 g/mol. The molecule has 0 aromatic heterocycles. The second kappa shape index (κ2) is 7.13. The molecule has 2 unspecified atom stereocenters. The van der Waals surface area contributed by atoms with Crippen molar-refractivity contribution < 1.29 is 21.1 Å². The minimum Gasteiger partial charge on any atom is -0.358 e. The van der Waals surface area contributed by atoms with Crippen LogP contribution in [-0.4, -0.2) is 36.6 Å². The first-order valence-corrected chi connectivity index (χ1v) is 6.21. The van der Waals surface area contributed by atoms with Crippen LogP contribution in [0.25, 0.3) is 0 Å². The van der Waals surface area contributed by atoms with Gasteiger partial charge in [0.25, 0.3) is 0 Å². The molecule has 96 valence electrons. The Kier molecular flexibility index (Phi) is 7.40. The number of nitrogens with one attached hydrogen (secondary N) is 1. The van der Waals surface area contributed by atoms with Crippen molar-refractivity contribution in [1.29, 1.82) is 0 Å². The summed E-state index contributed by atoms with van der Waals surface area (Å²) in [6, 6.07) is 1.56. The van der Waals surface area contributed by atoms with Crippen LogP contribution >= 0.6 is 0 Å². The summed E-state index contributed by atoms with van der Waals surface area (Å²) >= 11 is 0. The van der Waals surface area contributed by atoms with Gasteiger partial charge in [-0.05, 0) is 44.3 Å². The minimum atomic E-state index is 0. The maximum atomic E-state index is 3.71. The summed E-state index contributed by atoms with van der Waals surface area (Å²) in [5.41, 5.74) is 0. The summed E-state index contributed by atoms with van der Waals surface area (Å²) in [6.07, 6.45) is 2.84. The molecule has 3 rings (SSSR count). The summed E-state index contributed by atoms with van der Waals surface area (Å²) < 4.78 is 0. The molecule has 0 aromatic carbocycles. The van der Waals surface area contributed by atoms with Crippen molar-refractivity contribution >= 4 is 0 Å². The Morgan fingerprint density at radius 1 is 1.25 bits per heavy atom. The molecule has 3 aliphatic heterocycles. The fourth-order valence-corrected chi connectivity index (χ4v) is 3.44. The van der Waals surface area contributed by atoms with Crippen molar-refractivity contribution in [3.63, 3.8) is 0 Å². The summed E-state index contributed by atoms with van der Waals surface area (Å²) in [6.45, 7) is 10.8. The fourth-order valence-electron chi connectivity index (χ4n) is 3.44. The number of hydrogen-bond acceptors (Lipinski definition) is 2. The Balaban J connectivity index is 0.00000112. The molecule has 3 saturated heterocycles. The van der Waals surface area contributed by atoms with E-state index in [-0.39, 0.29) is 28.5 Å². The summed E-state index contributed by atoms with van der Waals surface area (Å²) in [4.78, 5) is 2.71. The smallest absolute Gasteiger partial charge is 0.0274 e. The van der Waals surface area contributed by atoms with Gasteiger partial charge < -0.3 is 12.7 Å². The summed E-state index contributed by atoms with van der Waals surface area (Å²) in [7, 11) is 0. The van der Waals surface area contributed by atoms with E-state index in [4.69, 9.17) is 0 Å². The zero-order valence-corrected chi connectivity index (χ0v) is 14.1. The largest absolute Gasteiger partial charge is 0.358 e. The predicted molar refractivity (Wildman–Crippen MR) is 66.8 cm³/mol. The van der Waals surface area contributed by atoms with Crippen LogP contribution in [0.3, 0.4) is 0 Å². The molecule has 1 N–H and O–H groups in total. The number of piperidine rings is 3. The number of fused-ring (bicyclic) bond motifs is 3. The normalized spacial score (nSPS) is 36.8. The first kappa shape index (κ1) is 16.6. The second-order valence-corrected chi connectivity index (χ2v) is 5.19. The minimum absolute atomic E-state index is 0. The van der Waals surface area contributed by atoms with E-state index in [0.717, 1.165) is 30.5 Å². The van der Waals surface area contributed by atoms with Crippen molar-refractivity contribution in [2.75, 3.05) is 19.6 Å². The van der Waals surface area contributed by atoms with Crippen LogP contribution in [0.15, 0.2) is 0 Å². The van der Waals surface area contributed by atoms with Gasteiger partial charge in [0.15, 0.2) is 0 Å². The maximum absolute atomic E-state index is 3.71. The predicted octanol–water partition coefficient (Wildman–Crippen LogP) is 2.16. The molecule has 3 heterocycles. The molecule has 0 aliphatic carbocycles. The molecule has 3 fully saturated rings. The fraction of sp³-hybridized carbons (Fsp3) is 0.923. The zero-order chi connectivity index (χ0) is 10.1. The maximum Gasteiger partial charge on any atom is 0.0274 e. The Hall–Kier alpha value is 0.608. The van der Waals surface area contributed by atoms with Crippen molar-refractivity contribution in [2.45, 2.75) is 45.7 Å². The van der Waals surface area contributed by atoms with Crippen LogP contribution in [-0.2, 0) is 21.1 Å². The average molecular weight is 395 g/mol. The first-order valence-electron chi connectivity index (χ1n) is 6.21. The average Bonchev–Trinajstić information content (AvgIpc) is 2.19. The standard InChI is InChI=1S/C12H24N2.CH3.W/c1-4-13-11-10-5-7-14(8-6-10)12(11)9(2)3;;/h9-13H,4-8H2,1-3H3;1H3;/q;-1;. The summed E-state index contributed by atoms with van der Waals surface area (Å²) in [5.74, 6) is 1.74. The van der Waals surface area contributed by atoms with Crippen LogP contribution < -0.4 is 5.32 Å². The van der Waals surface area contributed by atoms with E-state index in [2.05, 4.69) is 31.0 Å². The van der Waals surface area contributed by atoms with Gasteiger partial charge in [-0.1, -0.05) is 20.8 Å². The van der Waals surface area contributed by atoms with Crippen molar-refractivity contribution in [2.24, 2.45) is 11.8 Å². The molecule has 2 atom stereocenters. The molecule has 0 radical (unpaired) electrons. The second-order valence-electron chi connectivity index (χ2n) is 5.19. The van der Waals surface area contributed by atoms with Gasteiger partial charge in [-0.3, -0.25) is 4.90 Å². The molecule has 3 heteroatoms. The van der Waals surface area contributed by atoms with Crippen molar-refractivity contribution in [3.8, 4) is 0 Å². The van der Waals surface area contributed by atoms with Crippen LogP contribution in [0.1, 0.15) is 33.6 Å². The Labute approximate surface area is 116 Å². The molecule has 0 saturated carbocycles. The SMILES string of the molecule is CCNC1C2CCN(CC2)C1C(C)C.[CH3-].[W]. The van der Waals surface area contributed by atoms with E-state index in [0.29, 0.717) is 0 Å². The number of rotatable bonds is 3. The summed E-state index contributed by atoms with van der Waals surface area (Å²) in [5, 5.41) is 3.71. The number of likely N-dealkylation sites (N-methyl/N-ethyl adjacent to an activating group) is 1. The van der Waals surface area contributed by atoms with Crippen LogP contribution in [0.4, 0.5) is 0 Å². The van der Waals surface area contributed by atoms with Gasteiger partial charge in [0.2, 0.25) is 0 Å². The zero-order valence-electron chi connectivity index (χ0n) is 11.2. The van der Waals surface area contributed by atoms with Gasteiger partial charge in [-0.25, -0.2) is 0 Å². The van der Waals surface area contributed by atoms with Gasteiger partial charge in [0, 0.05) is 33.1 Å². The third-order valence-electron chi connectivity index (χ3n) is 3.99. The van der Waals surface area contributed by atoms with E-state index in [1.165, 1.54) is 25.9 Å². The van der Waals surface area contributed by atoms with Gasteiger partial charge in [-0.2, -0.15) is 0 Å².